The lowest BCUT2D eigenvalue weighted by Crippen LogP contribution is -2.20. The first-order valence-electron chi connectivity index (χ1n) is 8.02. The van der Waals surface area contributed by atoms with Crippen molar-refractivity contribution in [1.29, 1.82) is 0 Å². The number of rotatable bonds is 5. The zero-order valence-corrected chi connectivity index (χ0v) is 15.7. The molecule has 3 aromatic rings. The van der Waals surface area contributed by atoms with Gasteiger partial charge in [0.1, 0.15) is 11.1 Å². The van der Waals surface area contributed by atoms with E-state index in [1.807, 2.05) is 25.3 Å². The standard InChI is InChI=1S/C18H18N2O3S2/c1-4-9-19-16(21)14-15(25-18(19)24)13(17(22)23-6-3)12-8-7-11(5-2)10-20(12)14/h4,7-8,10H,1,5-6,9H2,2-3H3. The summed E-state index contributed by atoms with van der Waals surface area (Å²) in [5.41, 5.74) is 2.36. The molecule has 0 spiro atoms. The van der Waals surface area contributed by atoms with E-state index >= 15 is 0 Å². The second-order valence-electron chi connectivity index (χ2n) is 5.49. The number of hydrogen-bond donors (Lipinski definition) is 0. The molecule has 3 aromatic heterocycles. The molecule has 3 heterocycles. The summed E-state index contributed by atoms with van der Waals surface area (Å²) < 4.78 is 9.48. The van der Waals surface area contributed by atoms with Gasteiger partial charge < -0.3 is 9.14 Å². The van der Waals surface area contributed by atoms with Crippen LogP contribution in [0.3, 0.4) is 0 Å². The van der Waals surface area contributed by atoms with Crippen molar-refractivity contribution in [2.24, 2.45) is 0 Å². The van der Waals surface area contributed by atoms with Crippen molar-refractivity contribution in [2.45, 2.75) is 26.8 Å². The Bertz CT molecular complexity index is 1110. The first kappa shape index (κ1) is 17.6. The van der Waals surface area contributed by atoms with Crippen LogP contribution in [0.15, 0.2) is 35.8 Å². The molecule has 0 saturated heterocycles. The minimum Gasteiger partial charge on any atom is -0.462 e. The summed E-state index contributed by atoms with van der Waals surface area (Å²) in [5, 5.41) is 0. The van der Waals surface area contributed by atoms with Crippen LogP contribution >= 0.6 is 23.6 Å². The molecule has 5 nitrogen and oxygen atoms in total. The Labute approximate surface area is 153 Å². The van der Waals surface area contributed by atoms with Crippen molar-refractivity contribution >= 4 is 45.3 Å². The summed E-state index contributed by atoms with van der Waals surface area (Å²) in [6.45, 7) is 8.08. The van der Waals surface area contributed by atoms with Gasteiger partial charge in [0.2, 0.25) is 0 Å². The van der Waals surface area contributed by atoms with Crippen LogP contribution in [0, 0.1) is 3.95 Å². The van der Waals surface area contributed by atoms with E-state index in [9.17, 15) is 9.59 Å². The first-order valence-corrected chi connectivity index (χ1v) is 9.24. The van der Waals surface area contributed by atoms with Crippen LogP contribution in [0.1, 0.15) is 29.8 Å². The summed E-state index contributed by atoms with van der Waals surface area (Å²) in [4.78, 5) is 25.6. The lowest BCUT2D eigenvalue weighted by molar-refractivity contribution is 0.0531. The van der Waals surface area contributed by atoms with Crippen molar-refractivity contribution in [3.8, 4) is 0 Å². The molecule has 0 radical (unpaired) electrons. The molecule has 0 aliphatic carbocycles. The van der Waals surface area contributed by atoms with Crippen molar-refractivity contribution in [2.75, 3.05) is 6.61 Å². The molecule has 0 aromatic carbocycles. The van der Waals surface area contributed by atoms with Gasteiger partial charge in [0.15, 0.2) is 3.95 Å². The fourth-order valence-corrected chi connectivity index (χ4v) is 4.25. The zero-order chi connectivity index (χ0) is 18.1. The van der Waals surface area contributed by atoms with Gasteiger partial charge in [0, 0.05) is 12.7 Å². The van der Waals surface area contributed by atoms with Gasteiger partial charge in [-0.3, -0.25) is 9.36 Å². The molecule has 0 atom stereocenters. The number of nitrogens with zero attached hydrogens (tertiary/aromatic N) is 2. The molecular weight excluding hydrogens is 356 g/mol. The maximum atomic E-state index is 13.0. The van der Waals surface area contributed by atoms with Crippen LogP contribution in [0.25, 0.3) is 15.7 Å². The van der Waals surface area contributed by atoms with E-state index in [2.05, 4.69) is 6.58 Å². The van der Waals surface area contributed by atoms with Gasteiger partial charge in [-0.25, -0.2) is 4.79 Å². The molecule has 7 heteroatoms. The summed E-state index contributed by atoms with van der Waals surface area (Å²) in [6.07, 6.45) is 4.36. The van der Waals surface area contributed by atoms with Crippen LogP contribution in [0.5, 0.6) is 0 Å². The molecule has 0 amide bonds. The van der Waals surface area contributed by atoms with Crippen molar-refractivity contribution in [3.63, 3.8) is 0 Å². The van der Waals surface area contributed by atoms with E-state index in [4.69, 9.17) is 17.0 Å². The number of ether oxygens (including phenoxy) is 1. The highest BCUT2D eigenvalue weighted by atomic mass is 32.1. The van der Waals surface area contributed by atoms with Gasteiger partial charge >= 0.3 is 5.97 Å². The number of aromatic nitrogens is 2. The van der Waals surface area contributed by atoms with E-state index in [1.54, 1.807) is 17.4 Å². The minimum atomic E-state index is -0.439. The third-order valence-electron chi connectivity index (χ3n) is 4.01. The predicted molar refractivity (Wildman–Crippen MR) is 103 cm³/mol. The summed E-state index contributed by atoms with van der Waals surface area (Å²) in [5.74, 6) is -0.439. The molecule has 0 fully saturated rings. The molecule has 0 N–H and O–H groups in total. The van der Waals surface area contributed by atoms with Crippen molar-refractivity contribution in [1.82, 2.24) is 8.97 Å². The smallest absolute Gasteiger partial charge is 0.341 e. The number of carbonyl (C=O) groups is 1. The van der Waals surface area contributed by atoms with Crippen LogP contribution in [-0.4, -0.2) is 21.5 Å². The SMILES string of the molecule is C=CCn1c(=S)sc2c(C(=O)OCC)c3ccc(CC)cn3c2c1=O. The Morgan fingerprint density at radius 2 is 2.16 bits per heavy atom. The average molecular weight is 374 g/mol. The van der Waals surface area contributed by atoms with E-state index in [0.29, 0.717) is 31.8 Å². The highest BCUT2D eigenvalue weighted by Gasteiger charge is 2.23. The Morgan fingerprint density at radius 1 is 1.40 bits per heavy atom. The third-order valence-corrected chi connectivity index (χ3v) is 5.47. The lowest BCUT2D eigenvalue weighted by Gasteiger charge is -2.03. The summed E-state index contributed by atoms with van der Waals surface area (Å²) >= 11 is 6.62. The van der Waals surface area contributed by atoms with Gasteiger partial charge in [-0.05, 0) is 37.2 Å². The fraction of sp³-hybridized carbons (Fsp3) is 0.278. The molecule has 25 heavy (non-hydrogen) atoms. The third kappa shape index (κ3) is 2.83. The van der Waals surface area contributed by atoms with E-state index in [0.717, 1.165) is 12.0 Å². The maximum absolute atomic E-state index is 13.0. The monoisotopic (exact) mass is 374 g/mol. The quantitative estimate of drug-likeness (QED) is 0.385. The maximum Gasteiger partial charge on any atom is 0.341 e. The number of fused-ring (bicyclic) bond motifs is 3. The van der Waals surface area contributed by atoms with Crippen LogP contribution in [0.4, 0.5) is 0 Å². The minimum absolute atomic E-state index is 0.225. The van der Waals surface area contributed by atoms with Crippen LogP contribution < -0.4 is 5.56 Å². The number of carbonyl (C=O) groups excluding carboxylic acids is 1. The molecule has 0 bridgehead atoms. The Balaban J connectivity index is 2.53. The molecular formula is C18H18N2O3S2. The second kappa shape index (κ2) is 6.93. The largest absolute Gasteiger partial charge is 0.462 e. The lowest BCUT2D eigenvalue weighted by atomic mass is 10.2. The highest BCUT2D eigenvalue weighted by molar-refractivity contribution is 7.73. The number of allylic oxidation sites excluding steroid dienone is 1. The Hall–Kier alpha value is -2.25. The Morgan fingerprint density at radius 3 is 2.80 bits per heavy atom. The summed E-state index contributed by atoms with van der Waals surface area (Å²) in [7, 11) is 0. The van der Waals surface area contributed by atoms with Gasteiger partial charge in [-0.1, -0.05) is 19.1 Å². The van der Waals surface area contributed by atoms with E-state index in [-0.39, 0.29) is 12.2 Å². The van der Waals surface area contributed by atoms with Gasteiger partial charge in [-0.15, -0.1) is 17.9 Å². The van der Waals surface area contributed by atoms with Crippen molar-refractivity contribution in [3.05, 3.63) is 56.4 Å². The molecule has 0 aliphatic heterocycles. The average Bonchev–Trinajstić information content (AvgIpc) is 2.91. The summed E-state index contributed by atoms with van der Waals surface area (Å²) in [6, 6.07) is 3.82. The topological polar surface area (TPSA) is 52.7 Å². The molecule has 0 saturated carbocycles. The van der Waals surface area contributed by atoms with Gasteiger partial charge in [-0.2, -0.15) is 0 Å². The number of pyridine rings is 1. The van der Waals surface area contributed by atoms with E-state index < -0.39 is 5.97 Å². The number of aryl methyl sites for hydroxylation is 1. The first-order chi connectivity index (χ1) is 12.0. The zero-order valence-electron chi connectivity index (χ0n) is 14.1. The fourth-order valence-electron chi connectivity index (χ4n) is 2.83. The predicted octanol–water partition coefficient (Wildman–Crippen LogP) is 3.97. The molecule has 0 aliphatic rings. The molecule has 0 unspecified atom stereocenters. The second-order valence-corrected chi connectivity index (χ2v) is 7.14. The van der Waals surface area contributed by atoms with Crippen LogP contribution in [-0.2, 0) is 17.7 Å². The molecule has 130 valence electrons. The normalized spacial score (nSPS) is 11.1. The van der Waals surface area contributed by atoms with Gasteiger partial charge in [0.05, 0.1) is 16.8 Å². The molecule has 3 rings (SSSR count). The van der Waals surface area contributed by atoms with Crippen molar-refractivity contribution < 1.29 is 9.53 Å². The highest BCUT2D eigenvalue weighted by Crippen LogP contribution is 2.29. The van der Waals surface area contributed by atoms with Crippen LogP contribution in [0.2, 0.25) is 0 Å². The van der Waals surface area contributed by atoms with Gasteiger partial charge in [0.25, 0.3) is 5.56 Å². The Kier molecular flexibility index (Phi) is 4.87. The number of esters is 1. The van der Waals surface area contributed by atoms with E-state index in [1.165, 1.54) is 15.9 Å². The number of hydrogen-bond acceptors (Lipinski definition) is 5.